The molecule has 0 spiro atoms. The second kappa shape index (κ2) is 6.97. The second-order valence-electron chi connectivity index (χ2n) is 5.62. The normalized spacial score (nSPS) is 17.0. The lowest BCUT2D eigenvalue weighted by molar-refractivity contribution is -0.120. The Labute approximate surface area is 148 Å². The molecule has 0 saturated carbocycles. The Morgan fingerprint density at radius 1 is 1.25 bits per heavy atom. The summed E-state index contributed by atoms with van der Waals surface area (Å²) in [6.45, 7) is 1.92. The lowest BCUT2D eigenvalue weighted by Gasteiger charge is -2.21. The van der Waals surface area contributed by atoms with E-state index >= 15 is 0 Å². The van der Waals surface area contributed by atoms with E-state index in [0.717, 1.165) is 15.6 Å². The second-order valence-corrected chi connectivity index (χ2v) is 6.54. The summed E-state index contributed by atoms with van der Waals surface area (Å²) in [5.41, 5.74) is 2.44. The summed E-state index contributed by atoms with van der Waals surface area (Å²) in [7, 11) is 0. The molecule has 0 fully saturated rings. The highest BCUT2D eigenvalue weighted by molar-refractivity contribution is 9.10. The predicted molar refractivity (Wildman–Crippen MR) is 95.7 cm³/mol. The van der Waals surface area contributed by atoms with Crippen molar-refractivity contribution >= 4 is 33.7 Å². The van der Waals surface area contributed by atoms with E-state index in [9.17, 15) is 9.59 Å². The minimum atomic E-state index is -0.306. The van der Waals surface area contributed by atoms with Gasteiger partial charge in [-0.3, -0.25) is 20.2 Å². The van der Waals surface area contributed by atoms with Gasteiger partial charge >= 0.3 is 0 Å². The molecule has 0 unspecified atom stereocenters. The number of aryl methyl sites for hydroxylation is 1. The van der Waals surface area contributed by atoms with E-state index in [2.05, 4.69) is 31.6 Å². The minimum absolute atomic E-state index is 0.169. The summed E-state index contributed by atoms with van der Waals surface area (Å²) in [5, 5.41) is 5.29. The number of hydrogen-bond donors (Lipinski definition) is 2. The molecule has 2 aromatic rings. The molecule has 1 atom stereocenters. The van der Waals surface area contributed by atoms with E-state index in [1.807, 2.05) is 43.3 Å². The number of halogens is 1. The van der Waals surface area contributed by atoms with Gasteiger partial charge in [-0.2, -0.15) is 0 Å². The number of nitrogens with zero attached hydrogens (tertiary/aromatic N) is 1. The van der Waals surface area contributed by atoms with Gasteiger partial charge in [0.2, 0.25) is 11.9 Å². The lowest BCUT2D eigenvalue weighted by Crippen LogP contribution is -2.47. The van der Waals surface area contributed by atoms with Gasteiger partial charge in [-0.25, -0.2) is 4.99 Å². The molecule has 2 amide bonds. The fourth-order valence-corrected chi connectivity index (χ4v) is 2.76. The molecule has 0 aliphatic carbocycles. The molecule has 5 nitrogen and oxygen atoms in total. The first-order valence-corrected chi connectivity index (χ1v) is 8.32. The molecule has 2 aromatic carbocycles. The molecule has 6 heteroatoms. The maximum absolute atomic E-state index is 12.3. The number of aliphatic imine (C=N–C) groups is 1. The maximum Gasteiger partial charge on any atom is 0.257 e. The van der Waals surface area contributed by atoms with E-state index in [-0.39, 0.29) is 30.2 Å². The summed E-state index contributed by atoms with van der Waals surface area (Å²) >= 11 is 3.39. The molecule has 24 heavy (non-hydrogen) atoms. The van der Waals surface area contributed by atoms with Gasteiger partial charge in [0.1, 0.15) is 0 Å². The molecule has 3 rings (SSSR count). The highest BCUT2D eigenvalue weighted by Crippen LogP contribution is 2.24. The Bertz CT molecular complexity index is 815. The molecule has 0 aromatic heterocycles. The molecule has 2 N–H and O–H groups in total. The van der Waals surface area contributed by atoms with Crippen LogP contribution in [0.25, 0.3) is 0 Å². The summed E-state index contributed by atoms with van der Waals surface area (Å²) in [6, 6.07) is 14.6. The fourth-order valence-electron chi connectivity index (χ4n) is 2.50. The van der Waals surface area contributed by atoms with Gasteiger partial charge in [0.05, 0.1) is 12.5 Å². The zero-order valence-electron chi connectivity index (χ0n) is 13.0. The van der Waals surface area contributed by atoms with E-state index in [1.54, 1.807) is 12.1 Å². The Morgan fingerprint density at radius 3 is 2.71 bits per heavy atom. The largest absolute Gasteiger partial charge is 0.296 e. The molecule has 1 aliphatic rings. The van der Waals surface area contributed by atoms with Crippen LogP contribution < -0.4 is 10.6 Å². The third kappa shape index (κ3) is 3.89. The number of carbonyl (C=O) groups excluding carboxylic acids is 2. The van der Waals surface area contributed by atoms with Gasteiger partial charge in [0, 0.05) is 10.0 Å². The molecule has 122 valence electrons. The monoisotopic (exact) mass is 385 g/mol. The number of carbonyl (C=O) groups is 2. The maximum atomic E-state index is 12.3. The molecule has 0 bridgehead atoms. The Hall–Kier alpha value is -2.47. The molecular weight excluding hydrogens is 370 g/mol. The zero-order chi connectivity index (χ0) is 17.1. The number of rotatable bonds is 2. The summed E-state index contributed by atoms with van der Waals surface area (Å²) in [5.74, 6) is -0.280. The fraction of sp³-hybridized carbons (Fsp3) is 0.167. The van der Waals surface area contributed by atoms with Crippen LogP contribution in [-0.2, 0) is 4.79 Å². The van der Waals surface area contributed by atoms with Crippen molar-refractivity contribution in [3.05, 3.63) is 69.7 Å². The number of guanidine groups is 1. The van der Waals surface area contributed by atoms with Gasteiger partial charge in [0.25, 0.3) is 5.91 Å². The minimum Gasteiger partial charge on any atom is -0.296 e. The van der Waals surface area contributed by atoms with E-state index in [4.69, 9.17) is 0 Å². The number of amides is 2. The standard InChI is InChI=1S/C18H16BrN3O2/c1-11-3-2-4-13(9-11)17(24)22-18-20-15(10-16(23)21-18)12-5-7-14(19)8-6-12/h2-9,15H,10H2,1H3,(H2,20,21,22,23,24)/t15-/m1/s1. The van der Waals surface area contributed by atoms with Gasteiger partial charge < -0.3 is 0 Å². The van der Waals surface area contributed by atoms with Crippen molar-refractivity contribution in [3.8, 4) is 0 Å². The van der Waals surface area contributed by atoms with Gasteiger partial charge in [-0.05, 0) is 36.8 Å². The van der Waals surface area contributed by atoms with Crippen molar-refractivity contribution in [2.24, 2.45) is 4.99 Å². The smallest absolute Gasteiger partial charge is 0.257 e. The Kier molecular flexibility index (Phi) is 4.76. The van der Waals surface area contributed by atoms with Crippen LogP contribution in [0.3, 0.4) is 0 Å². The number of nitrogens with one attached hydrogen (secondary N) is 2. The van der Waals surface area contributed by atoms with Crippen molar-refractivity contribution in [1.82, 2.24) is 10.6 Å². The van der Waals surface area contributed by atoms with Gasteiger partial charge in [-0.1, -0.05) is 45.8 Å². The van der Waals surface area contributed by atoms with Crippen molar-refractivity contribution < 1.29 is 9.59 Å². The zero-order valence-corrected chi connectivity index (χ0v) is 14.6. The van der Waals surface area contributed by atoms with Crippen LogP contribution in [0.15, 0.2) is 58.0 Å². The third-order valence-corrected chi connectivity index (χ3v) is 4.22. The van der Waals surface area contributed by atoms with Crippen molar-refractivity contribution in [2.45, 2.75) is 19.4 Å². The average molecular weight is 386 g/mol. The van der Waals surface area contributed by atoms with Crippen LogP contribution in [0.4, 0.5) is 0 Å². The molecular formula is C18H16BrN3O2. The first-order chi connectivity index (χ1) is 11.5. The topological polar surface area (TPSA) is 70.6 Å². The predicted octanol–water partition coefficient (Wildman–Crippen LogP) is 3.10. The van der Waals surface area contributed by atoms with Crippen molar-refractivity contribution in [2.75, 3.05) is 0 Å². The average Bonchev–Trinajstić information content (AvgIpc) is 2.55. The molecule has 0 saturated heterocycles. The molecule has 0 radical (unpaired) electrons. The van der Waals surface area contributed by atoms with E-state index in [0.29, 0.717) is 5.56 Å². The van der Waals surface area contributed by atoms with E-state index < -0.39 is 0 Å². The summed E-state index contributed by atoms with van der Waals surface area (Å²) in [4.78, 5) is 28.7. The summed E-state index contributed by atoms with van der Waals surface area (Å²) < 4.78 is 0.962. The van der Waals surface area contributed by atoms with Crippen LogP contribution >= 0.6 is 15.9 Å². The van der Waals surface area contributed by atoms with E-state index in [1.165, 1.54) is 0 Å². The van der Waals surface area contributed by atoms with Crippen molar-refractivity contribution in [1.29, 1.82) is 0 Å². The van der Waals surface area contributed by atoms with Gasteiger partial charge in [-0.15, -0.1) is 0 Å². The highest BCUT2D eigenvalue weighted by atomic mass is 79.9. The van der Waals surface area contributed by atoms with Crippen LogP contribution in [0.5, 0.6) is 0 Å². The lowest BCUT2D eigenvalue weighted by atomic mass is 10.0. The van der Waals surface area contributed by atoms with Gasteiger partial charge in [0.15, 0.2) is 0 Å². The third-order valence-electron chi connectivity index (χ3n) is 3.69. The van der Waals surface area contributed by atoms with Crippen LogP contribution in [0.1, 0.15) is 33.9 Å². The highest BCUT2D eigenvalue weighted by Gasteiger charge is 2.23. The first-order valence-electron chi connectivity index (χ1n) is 7.52. The van der Waals surface area contributed by atoms with Crippen LogP contribution in [-0.4, -0.2) is 17.8 Å². The van der Waals surface area contributed by atoms with Crippen LogP contribution in [0, 0.1) is 6.92 Å². The van der Waals surface area contributed by atoms with Crippen molar-refractivity contribution in [3.63, 3.8) is 0 Å². The molecule has 1 aliphatic heterocycles. The quantitative estimate of drug-likeness (QED) is 0.833. The Morgan fingerprint density at radius 2 is 2.00 bits per heavy atom. The number of benzene rings is 2. The molecule has 1 heterocycles. The number of hydrogen-bond acceptors (Lipinski definition) is 3. The summed E-state index contributed by atoms with van der Waals surface area (Å²) in [6.07, 6.45) is 0.255. The Balaban J connectivity index is 1.80. The first kappa shape index (κ1) is 16.4. The van der Waals surface area contributed by atoms with Crippen LogP contribution in [0.2, 0.25) is 0 Å². The SMILES string of the molecule is Cc1cccc(C(=O)NC2=N[C@@H](c3ccc(Br)cc3)CC(=O)N2)c1.